The minimum atomic E-state index is -0.829. The number of carbonyl (C=O) groups is 1. The van der Waals surface area contributed by atoms with Crippen molar-refractivity contribution in [3.05, 3.63) is 59.6 Å². The Hall–Kier alpha value is -1.79. The van der Waals surface area contributed by atoms with E-state index in [1.165, 1.54) is 83.1 Å². The Morgan fingerprint density at radius 1 is 1.08 bits per heavy atom. The average Bonchev–Trinajstić information content (AvgIpc) is 3.55. The van der Waals surface area contributed by atoms with Crippen molar-refractivity contribution in [1.29, 1.82) is 0 Å². The number of nitrogens with two attached hydrogens (primary N) is 1. The lowest BCUT2D eigenvalue weighted by molar-refractivity contribution is -0.133. The van der Waals surface area contributed by atoms with Crippen LogP contribution in [0.4, 0.5) is 4.39 Å². The number of thioether (sulfide) groups is 1. The highest BCUT2D eigenvalue weighted by Crippen LogP contribution is 2.49. The Balaban J connectivity index is 0.000000325. The van der Waals surface area contributed by atoms with E-state index in [2.05, 4.69) is 18.0 Å². The van der Waals surface area contributed by atoms with E-state index in [9.17, 15) is 14.3 Å². The standard InChI is InChI=1S/C23H28FNO2S.C10H23N/c24-20-6-1-4-16(14-20)5-3-11-28-22-21(23(26)27)7-2-10-25(22)15-19-13-17-8-9-18(19)12-17;1-2-3-4-5-6-7-8-9-10-11/h1-2,4,6-7,10,14,17-19,22H,3,5,8-9,11-13,15H2,(H,26,27);2-11H2,1H3. The first kappa shape index (κ1) is 31.7. The minimum Gasteiger partial charge on any atom is -0.478 e. The van der Waals surface area contributed by atoms with Crippen molar-refractivity contribution >= 4 is 17.7 Å². The average molecular weight is 559 g/mol. The van der Waals surface area contributed by atoms with Crippen LogP contribution in [-0.2, 0) is 11.2 Å². The highest BCUT2D eigenvalue weighted by Gasteiger charge is 2.41. The fourth-order valence-corrected chi connectivity index (χ4v) is 7.67. The fourth-order valence-electron chi connectivity index (χ4n) is 6.43. The van der Waals surface area contributed by atoms with E-state index < -0.39 is 5.97 Å². The van der Waals surface area contributed by atoms with Crippen LogP contribution in [0.5, 0.6) is 0 Å². The smallest absolute Gasteiger partial charge is 0.334 e. The van der Waals surface area contributed by atoms with Gasteiger partial charge in [0, 0.05) is 12.7 Å². The zero-order chi connectivity index (χ0) is 27.9. The van der Waals surface area contributed by atoms with Gasteiger partial charge in [0.15, 0.2) is 0 Å². The summed E-state index contributed by atoms with van der Waals surface area (Å²) >= 11 is 1.70. The number of benzene rings is 1. The molecule has 2 fully saturated rings. The fraction of sp³-hybridized carbons (Fsp3) is 0.667. The molecule has 0 spiro atoms. The van der Waals surface area contributed by atoms with Gasteiger partial charge in [-0.25, -0.2) is 9.18 Å². The lowest BCUT2D eigenvalue weighted by atomic mass is 9.88. The first-order valence-corrected chi connectivity index (χ1v) is 16.5. The Bertz CT molecular complexity index is 913. The summed E-state index contributed by atoms with van der Waals surface area (Å²) in [6, 6.07) is 6.73. The zero-order valence-electron chi connectivity index (χ0n) is 24.0. The number of hydrogen-bond donors (Lipinski definition) is 2. The van der Waals surface area contributed by atoms with Crippen LogP contribution in [0.1, 0.15) is 96.0 Å². The molecule has 3 N–H and O–H groups in total. The number of fused-ring (bicyclic) bond motifs is 2. The molecule has 1 aromatic carbocycles. The van der Waals surface area contributed by atoms with Gasteiger partial charge >= 0.3 is 5.97 Å². The first-order valence-electron chi connectivity index (χ1n) is 15.4. The topological polar surface area (TPSA) is 66.6 Å². The number of hydrogen-bond acceptors (Lipinski definition) is 4. The predicted molar refractivity (Wildman–Crippen MR) is 163 cm³/mol. The number of aryl methyl sites for hydroxylation is 1. The molecule has 0 aromatic heterocycles. The number of halogens is 1. The van der Waals surface area contributed by atoms with E-state index in [0.29, 0.717) is 11.5 Å². The molecular formula is C33H51FN2O2S. The quantitative estimate of drug-likeness (QED) is 0.200. The van der Waals surface area contributed by atoms with E-state index in [4.69, 9.17) is 5.73 Å². The molecule has 4 unspecified atom stereocenters. The van der Waals surface area contributed by atoms with Crippen molar-refractivity contribution in [2.75, 3.05) is 18.8 Å². The highest BCUT2D eigenvalue weighted by molar-refractivity contribution is 8.00. The number of nitrogens with zero attached hydrogens (tertiary/aromatic N) is 1. The third-order valence-corrected chi connectivity index (χ3v) is 9.89. The summed E-state index contributed by atoms with van der Waals surface area (Å²) in [6.07, 6.45) is 23.8. The van der Waals surface area contributed by atoms with E-state index in [1.54, 1.807) is 30.0 Å². The van der Waals surface area contributed by atoms with Crippen molar-refractivity contribution in [3.8, 4) is 0 Å². The minimum absolute atomic E-state index is 0.130. The van der Waals surface area contributed by atoms with Gasteiger partial charge in [0.1, 0.15) is 11.2 Å². The third kappa shape index (κ3) is 11.0. The normalized spacial score (nSPS) is 23.5. The molecule has 2 bridgehead atoms. The van der Waals surface area contributed by atoms with Crippen LogP contribution in [0.3, 0.4) is 0 Å². The second-order valence-electron chi connectivity index (χ2n) is 11.6. The summed E-state index contributed by atoms with van der Waals surface area (Å²) < 4.78 is 13.3. The molecule has 1 heterocycles. The number of carboxylic acids is 1. The maximum absolute atomic E-state index is 13.3. The molecule has 0 radical (unpaired) electrons. The molecule has 3 aliphatic rings. The molecule has 4 rings (SSSR count). The highest BCUT2D eigenvalue weighted by atomic mass is 32.2. The Morgan fingerprint density at radius 3 is 2.49 bits per heavy atom. The number of unbranched alkanes of at least 4 members (excludes halogenated alkanes) is 7. The van der Waals surface area contributed by atoms with Crippen molar-refractivity contribution < 1.29 is 14.3 Å². The Labute approximate surface area is 240 Å². The molecule has 4 atom stereocenters. The summed E-state index contributed by atoms with van der Waals surface area (Å²) in [6.45, 7) is 4.09. The Kier molecular flexibility index (Phi) is 14.5. The Morgan fingerprint density at radius 2 is 1.85 bits per heavy atom. The summed E-state index contributed by atoms with van der Waals surface area (Å²) in [4.78, 5) is 14.0. The van der Waals surface area contributed by atoms with Gasteiger partial charge in [-0.1, -0.05) is 70.4 Å². The van der Waals surface area contributed by atoms with E-state index in [1.807, 2.05) is 12.1 Å². The van der Waals surface area contributed by atoms with Crippen LogP contribution in [-0.4, -0.2) is 40.2 Å². The van der Waals surface area contributed by atoms with Crippen LogP contribution < -0.4 is 5.73 Å². The van der Waals surface area contributed by atoms with Gasteiger partial charge in [0.25, 0.3) is 0 Å². The number of rotatable bonds is 16. The molecule has 6 heteroatoms. The van der Waals surface area contributed by atoms with E-state index >= 15 is 0 Å². The van der Waals surface area contributed by atoms with Crippen LogP contribution in [0.25, 0.3) is 0 Å². The second kappa shape index (κ2) is 17.8. The number of carboxylic acid groups (broad SMARTS) is 1. The van der Waals surface area contributed by atoms with E-state index in [-0.39, 0.29) is 11.2 Å². The molecular weight excluding hydrogens is 507 g/mol. The molecule has 2 saturated carbocycles. The van der Waals surface area contributed by atoms with Crippen LogP contribution in [0.2, 0.25) is 0 Å². The summed E-state index contributed by atoms with van der Waals surface area (Å²) in [5.41, 5.74) is 6.86. The predicted octanol–water partition coefficient (Wildman–Crippen LogP) is 8.18. The van der Waals surface area contributed by atoms with Crippen LogP contribution >= 0.6 is 11.8 Å². The molecule has 4 nitrogen and oxygen atoms in total. The van der Waals surface area contributed by atoms with Crippen molar-refractivity contribution in [2.24, 2.45) is 23.5 Å². The molecule has 2 aliphatic carbocycles. The van der Waals surface area contributed by atoms with Crippen LogP contribution in [0, 0.1) is 23.6 Å². The maximum Gasteiger partial charge on any atom is 0.334 e. The largest absolute Gasteiger partial charge is 0.478 e. The van der Waals surface area contributed by atoms with Gasteiger partial charge in [-0.05, 0) is 98.4 Å². The lowest BCUT2D eigenvalue weighted by Gasteiger charge is -2.36. The second-order valence-corrected chi connectivity index (χ2v) is 12.8. The molecule has 1 aliphatic heterocycles. The summed E-state index contributed by atoms with van der Waals surface area (Å²) in [5.74, 6) is 2.26. The molecule has 1 aromatic rings. The number of allylic oxidation sites excluding steroid dienone is 2. The monoisotopic (exact) mass is 558 g/mol. The van der Waals surface area contributed by atoms with Crippen molar-refractivity contribution in [3.63, 3.8) is 0 Å². The van der Waals surface area contributed by atoms with Gasteiger partial charge in [-0.3, -0.25) is 0 Å². The van der Waals surface area contributed by atoms with E-state index in [0.717, 1.165) is 49.1 Å². The molecule has 39 heavy (non-hydrogen) atoms. The van der Waals surface area contributed by atoms with Crippen molar-refractivity contribution in [2.45, 2.75) is 102 Å². The van der Waals surface area contributed by atoms with Crippen LogP contribution in [0.15, 0.2) is 48.2 Å². The van der Waals surface area contributed by atoms with Gasteiger partial charge in [0.05, 0.1) is 5.57 Å². The summed E-state index contributed by atoms with van der Waals surface area (Å²) in [5, 5.41) is 9.54. The zero-order valence-corrected chi connectivity index (χ0v) is 24.9. The van der Waals surface area contributed by atoms with Crippen molar-refractivity contribution in [1.82, 2.24) is 4.90 Å². The van der Waals surface area contributed by atoms with Gasteiger partial charge in [-0.15, -0.1) is 11.8 Å². The molecule has 0 saturated heterocycles. The van der Waals surface area contributed by atoms with Gasteiger partial charge < -0.3 is 15.7 Å². The lowest BCUT2D eigenvalue weighted by Crippen LogP contribution is -2.39. The molecule has 0 amide bonds. The number of aliphatic carboxylic acids is 1. The summed E-state index contributed by atoms with van der Waals surface area (Å²) in [7, 11) is 0. The third-order valence-electron chi connectivity index (χ3n) is 8.53. The molecule has 218 valence electrons. The maximum atomic E-state index is 13.3. The van der Waals surface area contributed by atoms with Gasteiger partial charge in [0.2, 0.25) is 0 Å². The SMILES string of the molecule is CCCCCCCCCCN.O=C(O)C1=CC=CN(CC2CC3CCC2C3)C1SCCCc1cccc(F)c1. The van der Waals surface area contributed by atoms with Gasteiger partial charge in [-0.2, -0.15) is 0 Å². The first-order chi connectivity index (χ1) is 19.0.